The highest BCUT2D eigenvalue weighted by Gasteiger charge is 1.96. The zero-order chi connectivity index (χ0) is 8.10. The minimum atomic E-state index is -0.254. The first kappa shape index (κ1) is 8.42. The molecule has 1 atom stereocenters. The second-order valence-corrected chi connectivity index (χ2v) is 3.09. The van der Waals surface area contributed by atoms with Crippen molar-refractivity contribution in [3.8, 4) is 0 Å². The molecule has 62 valence electrons. The molecule has 11 heavy (non-hydrogen) atoms. The zero-order valence-electron chi connectivity index (χ0n) is 6.32. The van der Waals surface area contributed by atoms with E-state index in [0.29, 0.717) is 0 Å². The summed E-state index contributed by atoms with van der Waals surface area (Å²) in [6, 6.07) is 0. The van der Waals surface area contributed by atoms with Crippen LogP contribution in [0.4, 0.5) is 5.13 Å². The molecule has 0 amide bonds. The monoisotopic (exact) mass is 173 g/mol. The summed E-state index contributed by atoms with van der Waals surface area (Å²) >= 11 is 1.32. The average Bonchev–Trinajstić information content (AvgIpc) is 2.39. The Morgan fingerprint density at radius 3 is 3.18 bits per heavy atom. The maximum Gasteiger partial charge on any atom is 0.202 e. The van der Waals surface area contributed by atoms with Crippen LogP contribution < -0.4 is 5.32 Å². The van der Waals surface area contributed by atoms with Crippen molar-refractivity contribution in [3.63, 3.8) is 0 Å². The van der Waals surface area contributed by atoms with Crippen LogP contribution in [0.15, 0.2) is 6.33 Å². The van der Waals surface area contributed by atoms with E-state index in [4.69, 9.17) is 5.11 Å². The van der Waals surface area contributed by atoms with Gasteiger partial charge in [-0.1, -0.05) is 0 Å². The zero-order valence-corrected chi connectivity index (χ0v) is 7.14. The fraction of sp³-hybridized carbons (Fsp3) is 0.667. The predicted molar refractivity (Wildman–Crippen MR) is 44.7 cm³/mol. The summed E-state index contributed by atoms with van der Waals surface area (Å²) in [7, 11) is 0. The van der Waals surface area contributed by atoms with E-state index < -0.39 is 0 Å². The van der Waals surface area contributed by atoms with Gasteiger partial charge in [0.25, 0.3) is 0 Å². The summed E-state index contributed by atoms with van der Waals surface area (Å²) in [6.07, 6.45) is 1.99. The van der Waals surface area contributed by atoms with Crippen LogP contribution in [0.25, 0.3) is 0 Å². The summed E-state index contributed by atoms with van der Waals surface area (Å²) in [5, 5.41) is 12.8. The second kappa shape index (κ2) is 4.25. The lowest BCUT2D eigenvalue weighted by molar-refractivity contribution is 0.189. The molecule has 1 aromatic rings. The van der Waals surface area contributed by atoms with Crippen LogP contribution in [0.3, 0.4) is 0 Å². The molecule has 0 spiro atoms. The van der Waals surface area contributed by atoms with Crippen molar-refractivity contribution in [3.05, 3.63) is 6.33 Å². The quantitative estimate of drug-likeness (QED) is 0.704. The molecule has 0 aromatic carbocycles. The molecule has 0 aliphatic carbocycles. The lowest BCUT2D eigenvalue weighted by Crippen LogP contribution is -2.09. The lowest BCUT2D eigenvalue weighted by atomic mass is 10.3. The van der Waals surface area contributed by atoms with E-state index in [2.05, 4.69) is 14.7 Å². The summed E-state index contributed by atoms with van der Waals surface area (Å²) in [5.74, 6) is 0. The molecule has 1 heterocycles. The molecule has 2 N–H and O–H groups in total. The van der Waals surface area contributed by atoms with E-state index in [1.807, 2.05) is 0 Å². The third-order valence-electron chi connectivity index (χ3n) is 1.20. The van der Waals surface area contributed by atoms with Crippen LogP contribution in [-0.2, 0) is 0 Å². The van der Waals surface area contributed by atoms with E-state index in [0.717, 1.165) is 18.1 Å². The van der Waals surface area contributed by atoms with Crippen molar-refractivity contribution in [1.29, 1.82) is 0 Å². The highest BCUT2D eigenvalue weighted by atomic mass is 32.1. The van der Waals surface area contributed by atoms with Crippen molar-refractivity contribution >= 4 is 16.7 Å². The van der Waals surface area contributed by atoms with Crippen molar-refractivity contribution in [1.82, 2.24) is 9.36 Å². The number of hydrogen-bond acceptors (Lipinski definition) is 5. The number of aliphatic hydroxyl groups is 1. The summed E-state index contributed by atoms with van der Waals surface area (Å²) in [5.41, 5.74) is 0. The maximum atomic E-state index is 8.91. The van der Waals surface area contributed by atoms with Gasteiger partial charge in [0, 0.05) is 18.1 Å². The van der Waals surface area contributed by atoms with Gasteiger partial charge in [-0.25, -0.2) is 4.98 Å². The molecule has 1 unspecified atom stereocenters. The number of rotatable bonds is 4. The van der Waals surface area contributed by atoms with Crippen molar-refractivity contribution in [2.24, 2.45) is 0 Å². The lowest BCUT2D eigenvalue weighted by Gasteiger charge is -2.03. The minimum Gasteiger partial charge on any atom is -0.393 e. The van der Waals surface area contributed by atoms with Crippen LogP contribution >= 0.6 is 11.5 Å². The highest BCUT2D eigenvalue weighted by molar-refractivity contribution is 7.09. The molecule has 1 aromatic heterocycles. The molecule has 0 saturated carbocycles. The van der Waals surface area contributed by atoms with E-state index in [1.54, 1.807) is 6.92 Å². The molecule has 0 saturated heterocycles. The normalized spacial score (nSPS) is 12.9. The van der Waals surface area contributed by atoms with Crippen molar-refractivity contribution < 1.29 is 5.11 Å². The molecular formula is C6H11N3OS. The Kier molecular flexibility index (Phi) is 3.25. The van der Waals surface area contributed by atoms with Crippen LogP contribution in [0.5, 0.6) is 0 Å². The largest absolute Gasteiger partial charge is 0.393 e. The fourth-order valence-corrected chi connectivity index (χ4v) is 1.09. The molecule has 0 radical (unpaired) electrons. The van der Waals surface area contributed by atoms with Crippen molar-refractivity contribution in [2.75, 3.05) is 11.9 Å². The number of aromatic nitrogens is 2. The van der Waals surface area contributed by atoms with E-state index in [9.17, 15) is 0 Å². The van der Waals surface area contributed by atoms with Crippen LogP contribution in [0.1, 0.15) is 13.3 Å². The Balaban J connectivity index is 2.14. The maximum absolute atomic E-state index is 8.91. The summed E-state index contributed by atoms with van der Waals surface area (Å²) < 4.78 is 3.83. The third kappa shape index (κ3) is 3.29. The number of nitrogens with zero attached hydrogens (tertiary/aromatic N) is 2. The molecule has 0 bridgehead atoms. The first-order chi connectivity index (χ1) is 5.29. The second-order valence-electron chi connectivity index (χ2n) is 2.31. The number of aliphatic hydroxyl groups excluding tert-OH is 1. The Bertz CT molecular complexity index is 188. The van der Waals surface area contributed by atoms with Gasteiger partial charge in [0.1, 0.15) is 6.33 Å². The molecule has 5 heteroatoms. The van der Waals surface area contributed by atoms with Gasteiger partial charge in [-0.2, -0.15) is 4.37 Å². The van der Waals surface area contributed by atoms with Gasteiger partial charge in [0.2, 0.25) is 5.13 Å². The SMILES string of the molecule is CC(O)CCNc1ncns1. The minimum absolute atomic E-state index is 0.254. The van der Waals surface area contributed by atoms with Gasteiger partial charge in [0.15, 0.2) is 0 Å². The number of anilines is 1. The Hall–Kier alpha value is -0.680. The van der Waals surface area contributed by atoms with Gasteiger partial charge in [-0.05, 0) is 13.3 Å². The number of hydrogen-bond donors (Lipinski definition) is 2. The first-order valence-corrected chi connectivity index (χ1v) is 4.25. The average molecular weight is 173 g/mol. The Morgan fingerprint density at radius 2 is 2.64 bits per heavy atom. The van der Waals surface area contributed by atoms with Crippen LogP contribution in [0, 0.1) is 0 Å². The number of nitrogens with one attached hydrogen (secondary N) is 1. The topological polar surface area (TPSA) is 58.0 Å². The summed E-state index contributed by atoms with van der Waals surface area (Å²) in [6.45, 7) is 2.51. The van der Waals surface area contributed by atoms with E-state index in [-0.39, 0.29) is 6.10 Å². The first-order valence-electron chi connectivity index (χ1n) is 3.47. The van der Waals surface area contributed by atoms with Crippen molar-refractivity contribution in [2.45, 2.75) is 19.4 Å². The molecule has 4 nitrogen and oxygen atoms in total. The smallest absolute Gasteiger partial charge is 0.202 e. The third-order valence-corrected chi connectivity index (χ3v) is 1.82. The predicted octanol–water partition coefficient (Wildman–Crippen LogP) is 0.721. The van der Waals surface area contributed by atoms with Gasteiger partial charge < -0.3 is 10.4 Å². The summed E-state index contributed by atoms with van der Waals surface area (Å²) in [4.78, 5) is 3.93. The highest BCUT2D eigenvalue weighted by Crippen LogP contribution is 2.06. The molecule has 0 aliphatic rings. The van der Waals surface area contributed by atoms with Gasteiger partial charge >= 0.3 is 0 Å². The van der Waals surface area contributed by atoms with Gasteiger partial charge in [-0.3, -0.25) is 0 Å². The van der Waals surface area contributed by atoms with E-state index in [1.165, 1.54) is 17.9 Å². The standard InChI is InChI=1S/C6H11N3OS/c1-5(10)2-3-7-6-8-4-9-11-6/h4-5,10H,2-3H2,1H3,(H,7,8,9). The van der Waals surface area contributed by atoms with E-state index >= 15 is 0 Å². The molecule has 0 fully saturated rings. The molecule has 0 aliphatic heterocycles. The molecular weight excluding hydrogens is 162 g/mol. The fourth-order valence-electron chi connectivity index (χ4n) is 0.639. The van der Waals surface area contributed by atoms with Gasteiger partial charge in [-0.15, -0.1) is 0 Å². The molecule has 1 rings (SSSR count). The van der Waals surface area contributed by atoms with Gasteiger partial charge in [0.05, 0.1) is 6.10 Å². The Labute approximate surface area is 69.5 Å². The Morgan fingerprint density at radius 1 is 1.82 bits per heavy atom. The van der Waals surface area contributed by atoms with Crippen LogP contribution in [0.2, 0.25) is 0 Å². The van der Waals surface area contributed by atoms with Crippen LogP contribution in [-0.4, -0.2) is 27.1 Å².